The third-order valence-electron chi connectivity index (χ3n) is 3.36. The molecule has 1 aliphatic heterocycles. The van der Waals surface area contributed by atoms with E-state index >= 15 is 0 Å². The molecule has 0 unspecified atom stereocenters. The van der Waals surface area contributed by atoms with Crippen LogP contribution in [-0.4, -0.2) is 53.4 Å². The molecule has 2 rings (SSSR count). The van der Waals surface area contributed by atoms with Crippen LogP contribution in [0, 0.1) is 0 Å². The quantitative estimate of drug-likeness (QED) is 0.758. The van der Waals surface area contributed by atoms with Crippen LogP contribution in [0.25, 0.3) is 0 Å². The molecule has 0 radical (unpaired) electrons. The van der Waals surface area contributed by atoms with Crippen LogP contribution in [0.4, 0.5) is 23.7 Å². The van der Waals surface area contributed by atoms with Crippen molar-refractivity contribution in [1.82, 2.24) is 4.90 Å². The van der Waals surface area contributed by atoms with Crippen molar-refractivity contribution >= 4 is 17.6 Å². The Morgan fingerprint density at radius 1 is 1.42 bits per heavy atom. The minimum atomic E-state index is -4.47. The molecule has 0 spiro atoms. The Morgan fingerprint density at radius 2 is 2.12 bits per heavy atom. The van der Waals surface area contributed by atoms with Crippen LogP contribution in [-0.2, 0) is 4.79 Å². The standard InChI is InChI=1S/C14H16F3N3O4/c15-14(16,17)7-24-10-3-1-2-8(4-10)19-13(23)20-6-9(21)5-11(20)12(18)22/h1-4,9,11,21H,5-7H2,(H2,18,22)(H,19,23)/t9-,11+/m0/s1. The van der Waals surface area contributed by atoms with Crippen LogP contribution < -0.4 is 15.8 Å². The molecule has 4 N–H and O–H groups in total. The minimum Gasteiger partial charge on any atom is -0.484 e. The maximum absolute atomic E-state index is 12.2. The Labute approximate surface area is 135 Å². The summed E-state index contributed by atoms with van der Waals surface area (Å²) in [5.41, 5.74) is 5.37. The lowest BCUT2D eigenvalue weighted by Crippen LogP contribution is -2.45. The van der Waals surface area contributed by atoms with E-state index in [0.717, 1.165) is 4.90 Å². The molecule has 1 aromatic rings. The number of nitrogens with zero attached hydrogens (tertiary/aromatic N) is 1. The minimum absolute atomic E-state index is 0.0392. The van der Waals surface area contributed by atoms with Crippen molar-refractivity contribution in [3.63, 3.8) is 0 Å². The van der Waals surface area contributed by atoms with Gasteiger partial charge in [0.1, 0.15) is 11.8 Å². The first-order valence-electron chi connectivity index (χ1n) is 7.00. The Kier molecular flexibility index (Phi) is 5.17. The van der Waals surface area contributed by atoms with Crippen LogP contribution in [0.3, 0.4) is 0 Å². The number of primary amides is 1. The van der Waals surface area contributed by atoms with Gasteiger partial charge in [0.05, 0.1) is 6.10 Å². The lowest BCUT2D eigenvalue weighted by molar-refractivity contribution is -0.153. The van der Waals surface area contributed by atoms with Gasteiger partial charge in [0, 0.05) is 24.7 Å². The number of urea groups is 1. The van der Waals surface area contributed by atoms with Crippen molar-refractivity contribution < 1.29 is 32.6 Å². The van der Waals surface area contributed by atoms with E-state index in [1.165, 1.54) is 24.3 Å². The van der Waals surface area contributed by atoms with E-state index in [1.54, 1.807) is 0 Å². The number of alkyl halides is 3. The fraction of sp³-hybridized carbons (Fsp3) is 0.429. The van der Waals surface area contributed by atoms with E-state index in [-0.39, 0.29) is 24.4 Å². The first-order chi connectivity index (χ1) is 11.2. The molecule has 1 aliphatic rings. The summed E-state index contributed by atoms with van der Waals surface area (Å²) in [4.78, 5) is 24.6. The van der Waals surface area contributed by atoms with Crippen LogP contribution >= 0.6 is 0 Å². The number of β-amino-alcohol motifs (C(OH)–C–C–N with tert-alkyl or cyclic N) is 1. The van der Waals surface area contributed by atoms with Crippen molar-refractivity contribution in [2.24, 2.45) is 5.73 Å². The van der Waals surface area contributed by atoms with Gasteiger partial charge in [-0.25, -0.2) is 4.79 Å². The fourth-order valence-electron chi connectivity index (χ4n) is 2.33. The van der Waals surface area contributed by atoms with Crippen molar-refractivity contribution in [1.29, 1.82) is 0 Å². The lowest BCUT2D eigenvalue weighted by atomic mass is 10.2. The van der Waals surface area contributed by atoms with E-state index in [9.17, 15) is 27.9 Å². The third kappa shape index (κ3) is 4.75. The van der Waals surface area contributed by atoms with Gasteiger partial charge in [-0.15, -0.1) is 0 Å². The zero-order valence-corrected chi connectivity index (χ0v) is 12.4. The van der Waals surface area contributed by atoms with Gasteiger partial charge in [0.15, 0.2) is 6.61 Å². The molecule has 1 saturated heterocycles. The molecule has 0 saturated carbocycles. The maximum Gasteiger partial charge on any atom is 0.422 e. The molecule has 2 atom stereocenters. The van der Waals surface area contributed by atoms with Crippen LogP contribution in [0.1, 0.15) is 6.42 Å². The smallest absolute Gasteiger partial charge is 0.422 e. The van der Waals surface area contributed by atoms with Crippen molar-refractivity contribution in [3.8, 4) is 5.75 Å². The molecule has 0 bridgehead atoms. The number of carbonyl (C=O) groups is 2. The summed E-state index contributed by atoms with van der Waals surface area (Å²) >= 11 is 0. The Balaban J connectivity index is 2.02. The molecule has 10 heteroatoms. The predicted molar refractivity (Wildman–Crippen MR) is 77.3 cm³/mol. The summed E-state index contributed by atoms with van der Waals surface area (Å²) in [7, 11) is 0. The van der Waals surface area contributed by atoms with Gasteiger partial charge < -0.3 is 25.8 Å². The molecule has 0 aromatic heterocycles. The van der Waals surface area contributed by atoms with Gasteiger partial charge in [-0.2, -0.15) is 13.2 Å². The van der Waals surface area contributed by atoms with Crippen molar-refractivity contribution in [2.75, 3.05) is 18.5 Å². The number of rotatable bonds is 4. The highest BCUT2D eigenvalue weighted by Gasteiger charge is 2.37. The number of anilines is 1. The van der Waals surface area contributed by atoms with Gasteiger partial charge in [0.25, 0.3) is 0 Å². The predicted octanol–water partition coefficient (Wildman–Crippen LogP) is 1.08. The zero-order chi connectivity index (χ0) is 17.9. The number of hydrogen-bond donors (Lipinski definition) is 3. The second-order valence-corrected chi connectivity index (χ2v) is 5.32. The number of carbonyl (C=O) groups excluding carboxylic acids is 2. The second-order valence-electron chi connectivity index (χ2n) is 5.32. The first-order valence-corrected chi connectivity index (χ1v) is 7.00. The molecule has 132 valence electrons. The molecule has 3 amide bonds. The van der Waals surface area contributed by atoms with Crippen LogP contribution in [0.15, 0.2) is 24.3 Å². The first kappa shape index (κ1) is 17.9. The fourth-order valence-corrected chi connectivity index (χ4v) is 2.33. The van der Waals surface area contributed by atoms with Crippen molar-refractivity contribution in [3.05, 3.63) is 24.3 Å². The highest BCUT2D eigenvalue weighted by molar-refractivity contribution is 5.94. The average molecular weight is 347 g/mol. The number of aliphatic hydroxyl groups excluding tert-OH is 1. The average Bonchev–Trinajstić information content (AvgIpc) is 2.87. The number of hydrogen-bond acceptors (Lipinski definition) is 4. The normalized spacial score (nSPS) is 20.8. The Hall–Kier alpha value is -2.49. The topological polar surface area (TPSA) is 105 Å². The molecule has 24 heavy (non-hydrogen) atoms. The van der Waals surface area contributed by atoms with Crippen molar-refractivity contribution in [2.45, 2.75) is 24.7 Å². The number of nitrogens with two attached hydrogens (primary N) is 1. The summed E-state index contributed by atoms with van der Waals surface area (Å²) in [6.07, 6.45) is -5.30. The molecule has 7 nitrogen and oxygen atoms in total. The van der Waals surface area contributed by atoms with E-state index in [0.29, 0.717) is 0 Å². The molecule has 0 aliphatic carbocycles. The lowest BCUT2D eigenvalue weighted by Gasteiger charge is -2.22. The molecular formula is C14H16F3N3O4. The molecule has 1 fully saturated rings. The summed E-state index contributed by atoms with van der Waals surface area (Å²) in [6.45, 7) is -1.52. The van der Waals surface area contributed by atoms with Gasteiger partial charge in [-0.3, -0.25) is 4.79 Å². The number of ether oxygens (including phenoxy) is 1. The Morgan fingerprint density at radius 3 is 2.75 bits per heavy atom. The number of benzene rings is 1. The van der Waals surface area contributed by atoms with Crippen LogP contribution in [0.5, 0.6) is 5.75 Å². The number of likely N-dealkylation sites (tertiary alicyclic amines) is 1. The highest BCUT2D eigenvalue weighted by Crippen LogP contribution is 2.23. The maximum atomic E-state index is 12.2. The molecular weight excluding hydrogens is 331 g/mol. The van der Waals surface area contributed by atoms with E-state index in [4.69, 9.17) is 5.73 Å². The number of nitrogens with one attached hydrogen (secondary N) is 1. The van der Waals surface area contributed by atoms with Crippen LogP contribution in [0.2, 0.25) is 0 Å². The summed E-state index contributed by atoms with van der Waals surface area (Å²) in [6, 6.07) is 3.76. The van der Waals surface area contributed by atoms with Gasteiger partial charge in [0.2, 0.25) is 5.91 Å². The summed E-state index contributed by atoms with van der Waals surface area (Å²) in [5.74, 6) is -0.818. The van der Waals surface area contributed by atoms with Gasteiger partial charge in [-0.1, -0.05) is 6.07 Å². The zero-order valence-electron chi connectivity index (χ0n) is 12.4. The monoisotopic (exact) mass is 347 g/mol. The second kappa shape index (κ2) is 6.95. The highest BCUT2D eigenvalue weighted by atomic mass is 19.4. The van der Waals surface area contributed by atoms with E-state index < -0.39 is 36.9 Å². The number of aliphatic hydroxyl groups is 1. The SMILES string of the molecule is NC(=O)[C@H]1C[C@H](O)CN1C(=O)Nc1cccc(OCC(F)(F)F)c1. The third-order valence-corrected chi connectivity index (χ3v) is 3.36. The van der Waals surface area contributed by atoms with Gasteiger partial charge >= 0.3 is 12.2 Å². The van der Waals surface area contributed by atoms with E-state index in [1.807, 2.05) is 0 Å². The van der Waals surface area contributed by atoms with E-state index in [2.05, 4.69) is 10.1 Å². The molecule has 1 aromatic carbocycles. The largest absolute Gasteiger partial charge is 0.484 e. The molecule has 1 heterocycles. The summed E-state index contributed by atoms with van der Waals surface area (Å²) in [5, 5.41) is 12.0. The Bertz CT molecular complexity index is 624. The number of halogens is 3. The van der Waals surface area contributed by atoms with Gasteiger partial charge in [-0.05, 0) is 12.1 Å². The number of amides is 3. The summed E-state index contributed by atoms with van der Waals surface area (Å²) < 4.78 is 41.0.